The van der Waals surface area contributed by atoms with Crippen molar-refractivity contribution in [2.75, 3.05) is 25.1 Å². The van der Waals surface area contributed by atoms with E-state index < -0.39 is 10.8 Å². The number of aryl methyl sites for hydroxylation is 1. The molecule has 0 aliphatic heterocycles. The van der Waals surface area contributed by atoms with E-state index in [2.05, 4.69) is 55.4 Å². The molecule has 2 aromatic carbocycles. The van der Waals surface area contributed by atoms with Gasteiger partial charge in [0.1, 0.15) is 12.4 Å². The predicted octanol–water partition coefficient (Wildman–Crippen LogP) is 7.58. The third-order valence-electron chi connectivity index (χ3n) is 7.69. The summed E-state index contributed by atoms with van der Waals surface area (Å²) in [6.07, 6.45) is 15.8. The Labute approximate surface area is 264 Å². The average molecular weight is 616 g/mol. The van der Waals surface area contributed by atoms with Crippen molar-refractivity contribution in [3.63, 3.8) is 0 Å². The van der Waals surface area contributed by atoms with Crippen molar-refractivity contribution in [2.24, 2.45) is 0 Å². The molecule has 8 heteroatoms. The van der Waals surface area contributed by atoms with Crippen LogP contribution in [0.4, 0.5) is 5.69 Å². The summed E-state index contributed by atoms with van der Waals surface area (Å²) in [5, 5.41) is 2.96. The van der Waals surface area contributed by atoms with E-state index >= 15 is 0 Å². The maximum absolute atomic E-state index is 13.0. The van der Waals surface area contributed by atoms with Crippen molar-refractivity contribution in [2.45, 2.75) is 76.0 Å². The van der Waals surface area contributed by atoms with Gasteiger partial charge in [-0.2, -0.15) is 0 Å². The lowest BCUT2D eigenvalue weighted by atomic mass is 9.76. The third-order valence-corrected chi connectivity index (χ3v) is 9.04. The first-order valence-electron chi connectivity index (χ1n) is 15.5. The quantitative estimate of drug-likeness (QED) is 0.133. The Balaban J connectivity index is 1.31. The molecule has 3 aromatic rings. The van der Waals surface area contributed by atoms with Gasteiger partial charge >= 0.3 is 0 Å². The molecule has 0 spiro atoms. The first kappa shape index (κ1) is 33.1. The van der Waals surface area contributed by atoms with Crippen LogP contribution in [-0.4, -0.2) is 39.5 Å². The predicted molar refractivity (Wildman–Crippen MR) is 179 cm³/mol. The first-order chi connectivity index (χ1) is 21.3. The van der Waals surface area contributed by atoms with E-state index in [1.807, 2.05) is 35.8 Å². The Hall–Kier alpha value is -3.75. The topological polar surface area (TPSA) is 82.4 Å². The number of rotatable bonds is 16. The van der Waals surface area contributed by atoms with Gasteiger partial charge in [0, 0.05) is 40.9 Å². The second-order valence-corrected chi connectivity index (χ2v) is 12.8. The molecule has 1 N–H and O–H groups in total. The molecule has 0 bridgehead atoms. The van der Waals surface area contributed by atoms with E-state index in [0.717, 1.165) is 55.9 Å². The molecule has 4 rings (SSSR count). The number of hydrogen-bond acceptors (Lipinski definition) is 5. The van der Waals surface area contributed by atoms with E-state index in [9.17, 15) is 9.00 Å². The summed E-state index contributed by atoms with van der Waals surface area (Å²) >= 11 is 0. The van der Waals surface area contributed by atoms with Gasteiger partial charge in [-0.25, -0.2) is 4.98 Å². The number of carbonyl (C=O) groups is 1. The lowest BCUT2D eigenvalue weighted by molar-refractivity contribution is -0.112. The summed E-state index contributed by atoms with van der Waals surface area (Å²) in [5.41, 5.74) is 4.19. The molecule has 1 amide bonds. The SMILES string of the molecule is CCCCOCCOC1=CCC(C)(c2cccc(/C=C(\C)C(=O)Nc3ccc(S(=O)Cc4cncn4CCC)cc3)c2)C=C1. The summed E-state index contributed by atoms with van der Waals surface area (Å²) in [5.74, 6) is 1.10. The van der Waals surface area contributed by atoms with Crippen LogP contribution >= 0.6 is 0 Å². The van der Waals surface area contributed by atoms with Gasteiger partial charge in [-0.15, -0.1) is 0 Å². The van der Waals surface area contributed by atoms with Crippen LogP contribution in [0, 0.1) is 0 Å². The molecule has 2 atom stereocenters. The standard InChI is InChI=1S/C36H45N3O4S/c1-5-7-20-42-21-22-43-33-15-17-36(4,18-16-33)30-10-8-9-29(24-30)23-28(3)35(40)38-31-11-13-34(14-12-31)44(41)26-32-25-37-27-39(32)19-6-2/h8-17,23-25,27H,5-7,18-22,26H2,1-4H3,(H,38,40)/b28-23+. The van der Waals surface area contributed by atoms with Gasteiger partial charge < -0.3 is 19.4 Å². The number of nitrogens with one attached hydrogen (secondary N) is 1. The maximum Gasteiger partial charge on any atom is 0.251 e. The molecule has 0 saturated carbocycles. The van der Waals surface area contributed by atoms with Crippen LogP contribution in [-0.2, 0) is 42.8 Å². The average Bonchev–Trinajstić information content (AvgIpc) is 3.46. The first-order valence-corrected chi connectivity index (χ1v) is 16.8. The fourth-order valence-corrected chi connectivity index (χ4v) is 6.07. The van der Waals surface area contributed by atoms with Crippen LogP contribution in [0.15, 0.2) is 95.5 Å². The minimum absolute atomic E-state index is 0.165. The Bertz CT molecular complexity index is 1510. The smallest absolute Gasteiger partial charge is 0.251 e. The number of allylic oxidation sites excluding steroid dienone is 3. The Morgan fingerprint density at radius 2 is 1.93 bits per heavy atom. The summed E-state index contributed by atoms with van der Waals surface area (Å²) in [4.78, 5) is 17.9. The number of aromatic nitrogens is 2. The van der Waals surface area contributed by atoms with Gasteiger partial charge in [-0.1, -0.05) is 57.5 Å². The minimum atomic E-state index is -1.20. The number of carbonyl (C=O) groups excluding carboxylic acids is 1. The monoisotopic (exact) mass is 615 g/mol. The van der Waals surface area contributed by atoms with Gasteiger partial charge in [-0.05, 0) is 79.8 Å². The number of hydrogen-bond donors (Lipinski definition) is 1. The van der Waals surface area contributed by atoms with Crippen LogP contribution in [0.3, 0.4) is 0 Å². The van der Waals surface area contributed by atoms with Crippen LogP contribution < -0.4 is 5.32 Å². The summed E-state index contributed by atoms with van der Waals surface area (Å²) in [6.45, 7) is 11.1. The Morgan fingerprint density at radius 3 is 2.66 bits per heavy atom. The van der Waals surface area contributed by atoms with Crippen molar-refractivity contribution < 1.29 is 18.5 Å². The normalized spacial score (nSPS) is 17.3. The van der Waals surface area contributed by atoms with Crippen molar-refractivity contribution in [3.8, 4) is 0 Å². The Kier molecular flexibility index (Phi) is 12.3. The largest absolute Gasteiger partial charge is 0.492 e. The molecule has 1 aliphatic carbocycles. The van der Waals surface area contributed by atoms with Crippen LogP contribution in [0.1, 0.15) is 70.2 Å². The number of nitrogens with zero attached hydrogens (tertiary/aromatic N) is 2. The lowest BCUT2D eigenvalue weighted by Crippen LogP contribution is -2.21. The van der Waals surface area contributed by atoms with E-state index in [0.29, 0.717) is 35.1 Å². The van der Waals surface area contributed by atoms with Crippen LogP contribution in [0.2, 0.25) is 0 Å². The van der Waals surface area contributed by atoms with E-state index in [1.54, 1.807) is 36.8 Å². The van der Waals surface area contributed by atoms with Gasteiger partial charge in [0.15, 0.2) is 0 Å². The molecule has 1 aliphatic rings. The molecular weight excluding hydrogens is 570 g/mol. The highest BCUT2D eigenvalue weighted by atomic mass is 32.2. The highest BCUT2D eigenvalue weighted by Gasteiger charge is 2.25. The summed E-state index contributed by atoms with van der Waals surface area (Å²) < 4.78 is 26.4. The molecule has 0 radical (unpaired) electrons. The van der Waals surface area contributed by atoms with Crippen molar-refractivity contribution in [3.05, 3.63) is 107 Å². The lowest BCUT2D eigenvalue weighted by Gasteiger charge is -2.29. The van der Waals surface area contributed by atoms with Crippen molar-refractivity contribution >= 4 is 28.5 Å². The number of benzene rings is 2. The van der Waals surface area contributed by atoms with E-state index in [4.69, 9.17) is 9.47 Å². The molecule has 0 fully saturated rings. The number of imidazole rings is 1. The number of ether oxygens (including phenoxy) is 2. The highest BCUT2D eigenvalue weighted by molar-refractivity contribution is 7.84. The van der Waals surface area contributed by atoms with E-state index in [-0.39, 0.29) is 11.3 Å². The number of unbranched alkanes of at least 4 members (excludes halogenated alkanes) is 1. The molecular formula is C36H45N3O4S. The second-order valence-electron chi connectivity index (χ2n) is 11.4. The molecule has 2 unspecified atom stereocenters. The van der Waals surface area contributed by atoms with Gasteiger partial charge in [0.2, 0.25) is 0 Å². The zero-order chi connectivity index (χ0) is 31.4. The zero-order valence-corrected chi connectivity index (χ0v) is 27.2. The molecule has 44 heavy (non-hydrogen) atoms. The molecule has 234 valence electrons. The van der Waals surface area contributed by atoms with E-state index in [1.165, 1.54) is 5.56 Å². The zero-order valence-electron chi connectivity index (χ0n) is 26.4. The van der Waals surface area contributed by atoms with Gasteiger partial charge in [0.05, 0.1) is 35.2 Å². The highest BCUT2D eigenvalue weighted by Crippen LogP contribution is 2.34. The second kappa shape index (κ2) is 16.4. The summed E-state index contributed by atoms with van der Waals surface area (Å²) in [7, 11) is -1.20. The molecule has 7 nitrogen and oxygen atoms in total. The third kappa shape index (κ3) is 9.37. The van der Waals surface area contributed by atoms with Crippen molar-refractivity contribution in [1.29, 1.82) is 0 Å². The van der Waals surface area contributed by atoms with Crippen LogP contribution in [0.5, 0.6) is 0 Å². The summed E-state index contributed by atoms with van der Waals surface area (Å²) in [6, 6.07) is 15.5. The molecule has 1 aromatic heterocycles. The van der Waals surface area contributed by atoms with Crippen LogP contribution in [0.25, 0.3) is 6.08 Å². The van der Waals surface area contributed by atoms with Gasteiger partial charge in [-0.3, -0.25) is 9.00 Å². The minimum Gasteiger partial charge on any atom is -0.492 e. The van der Waals surface area contributed by atoms with Crippen molar-refractivity contribution in [1.82, 2.24) is 9.55 Å². The Morgan fingerprint density at radius 1 is 1.11 bits per heavy atom. The maximum atomic E-state index is 13.0. The number of amides is 1. The molecule has 1 heterocycles. The molecule has 0 saturated heterocycles. The van der Waals surface area contributed by atoms with Gasteiger partial charge in [0.25, 0.3) is 5.91 Å². The fraction of sp³-hybridized carbons (Fsp3) is 0.389. The number of anilines is 1. The fourth-order valence-electron chi connectivity index (χ4n) is 4.95.